The number of hydrogen-bond acceptors (Lipinski definition) is 4. The van der Waals surface area contributed by atoms with Gasteiger partial charge in [-0.1, -0.05) is 41.9 Å². The third-order valence-corrected chi connectivity index (χ3v) is 4.05. The van der Waals surface area contributed by atoms with Gasteiger partial charge in [0.1, 0.15) is 0 Å². The van der Waals surface area contributed by atoms with Crippen molar-refractivity contribution in [2.75, 3.05) is 20.7 Å². The molecule has 1 N–H and O–H groups in total. The molecule has 132 valence electrons. The third kappa shape index (κ3) is 5.89. The van der Waals surface area contributed by atoms with E-state index in [1.807, 2.05) is 36.2 Å². The minimum Gasteiger partial charge on any atom is -0.465 e. The van der Waals surface area contributed by atoms with Gasteiger partial charge in [-0.25, -0.2) is 4.79 Å². The van der Waals surface area contributed by atoms with Crippen molar-refractivity contribution in [2.45, 2.75) is 13.1 Å². The Morgan fingerprint density at radius 2 is 1.80 bits per heavy atom. The number of rotatable bonds is 7. The van der Waals surface area contributed by atoms with Crippen molar-refractivity contribution in [3.8, 4) is 0 Å². The lowest BCUT2D eigenvalue weighted by molar-refractivity contribution is -0.122. The van der Waals surface area contributed by atoms with E-state index >= 15 is 0 Å². The number of esters is 1. The molecule has 0 aliphatic rings. The highest BCUT2D eigenvalue weighted by molar-refractivity contribution is 6.31. The van der Waals surface area contributed by atoms with Gasteiger partial charge in [0.25, 0.3) is 0 Å². The summed E-state index contributed by atoms with van der Waals surface area (Å²) in [5, 5.41) is 3.56. The normalized spacial score (nSPS) is 10.6. The lowest BCUT2D eigenvalue weighted by Crippen LogP contribution is -2.34. The Bertz CT molecular complexity index is 732. The Hall–Kier alpha value is -2.37. The predicted molar refractivity (Wildman–Crippen MR) is 97.4 cm³/mol. The third-order valence-electron chi connectivity index (χ3n) is 3.68. The first kappa shape index (κ1) is 19.0. The molecule has 5 nitrogen and oxygen atoms in total. The molecule has 2 rings (SSSR count). The maximum Gasteiger partial charge on any atom is 0.337 e. The van der Waals surface area contributed by atoms with Crippen LogP contribution in [0.3, 0.4) is 0 Å². The van der Waals surface area contributed by atoms with Gasteiger partial charge in [-0.05, 0) is 36.4 Å². The van der Waals surface area contributed by atoms with Crippen LogP contribution >= 0.6 is 11.6 Å². The predicted octanol–water partition coefficient (Wildman–Crippen LogP) is 2.87. The van der Waals surface area contributed by atoms with Crippen molar-refractivity contribution in [3.63, 3.8) is 0 Å². The van der Waals surface area contributed by atoms with Crippen LogP contribution in [-0.4, -0.2) is 37.5 Å². The molecule has 0 atom stereocenters. The number of amides is 1. The molecular formula is C19H21ClN2O3. The summed E-state index contributed by atoms with van der Waals surface area (Å²) in [5.74, 6) is -0.455. The molecule has 2 aromatic rings. The summed E-state index contributed by atoms with van der Waals surface area (Å²) in [6.07, 6.45) is 0. The van der Waals surface area contributed by atoms with E-state index in [1.165, 1.54) is 7.11 Å². The Balaban J connectivity index is 1.80. The number of ether oxygens (including phenoxy) is 1. The fourth-order valence-corrected chi connectivity index (χ4v) is 2.55. The van der Waals surface area contributed by atoms with Crippen molar-refractivity contribution in [3.05, 3.63) is 70.2 Å². The van der Waals surface area contributed by atoms with Crippen LogP contribution in [0.5, 0.6) is 0 Å². The zero-order chi connectivity index (χ0) is 18.2. The molecule has 0 saturated heterocycles. The molecule has 0 spiro atoms. The van der Waals surface area contributed by atoms with Crippen LogP contribution in [0.1, 0.15) is 21.5 Å². The quantitative estimate of drug-likeness (QED) is 0.771. The standard InChI is InChI=1S/C19H21ClN2O3/c1-22(12-16-5-3-4-6-17(16)20)13-18(23)21-11-14-7-9-15(10-8-14)19(24)25-2/h3-10H,11-13H2,1-2H3,(H,21,23). The van der Waals surface area contributed by atoms with Gasteiger partial charge in [0.2, 0.25) is 5.91 Å². The Morgan fingerprint density at radius 3 is 2.44 bits per heavy atom. The highest BCUT2D eigenvalue weighted by Crippen LogP contribution is 2.16. The van der Waals surface area contributed by atoms with Gasteiger partial charge in [0, 0.05) is 18.1 Å². The van der Waals surface area contributed by atoms with Crippen LogP contribution < -0.4 is 5.32 Å². The maximum absolute atomic E-state index is 12.1. The molecule has 25 heavy (non-hydrogen) atoms. The van der Waals surface area contributed by atoms with Crippen molar-refractivity contribution in [1.82, 2.24) is 10.2 Å². The highest BCUT2D eigenvalue weighted by atomic mass is 35.5. The first-order valence-corrected chi connectivity index (χ1v) is 8.23. The van der Waals surface area contributed by atoms with E-state index in [2.05, 4.69) is 10.1 Å². The number of nitrogens with zero attached hydrogens (tertiary/aromatic N) is 1. The molecular weight excluding hydrogens is 340 g/mol. The summed E-state index contributed by atoms with van der Waals surface area (Å²) in [6, 6.07) is 14.5. The largest absolute Gasteiger partial charge is 0.465 e. The smallest absolute Gasteiger partial charge is 0.337 e. The molecule has 0 fully saturated rings. The molecule has 0 bridgehead atoms. The van der Waals surface area contributed by atoms with E-state index < -0.39 is 0 Å². The van der Waals surface area contributed by atoms with Gasteiger partial charge >= 0.3 is 5.97 Å². The summed E-state index contributed by atoms with van der Waals surface area (Å²) in [6.45, 7) is 1.27. The van der Waals surface area contributed by atoms with Gasteiger partial charge in [-0.3, -0.25) is 9.69 Å². The van der Waals surface area contributed by atoms with E-state index in [0.29, 0.717) is 23.7 Å². The van der Waals surface area contributed by atoms with Crippen molar-refractivity contribution < 1.29 is 14.3 Å². The molecule has 0 radical (unpaired) electrons. The Morgan fingerprint density at radius 1 is 1.12 bits per heavy atom. The van der Waals surface area contributed by atoms with Gasteiger partial charge in [-0.15, -0.1) is 0 Å². The van der Waals surface area contributed by atoms with Crippen LogP contribution in [0.25, 0.3) is 0 Å². The fraction of sp³-hybridized carbons (Fsp3) is 0.263. The van der Waals surface area contributed by atoms with Crippen LogP contribution in [0.2, 0.25) is 5.02 Å². The first-order valence-electron chi connectivity index (χ1n) is 7.85. The van der Waals surface area contributed by atoms with Crippen molar-refractivity contribution in [2.24, 2.45) is 0 Å². The summed E-state index contributed by atoms with van der Waals surface area (Å²) in [5.41, 5.74) is 2.38. The van der Waals surface area contributed by atoms with Crippen molar-refractivity contribution >= 4 is 23.5 Å². The maximum atomic E-state index is 12.1. The average molecular weight is 361 g/mol. The van der Waals surface area contributed by atoms with Gasteiger partial charge in [0.15, 0.2) is 0 Å². The van der Waals surface area contributed by atoms with Crippen LogP contribution in [0.15, 0.2) is 48.5 Å². The molecule has 0 aromatic heterocycles. The highest BCUT2D eigenvalue weighted by Gasteiger charge is 2.09. The fourth-order valence-electron chi connectivity index (χ4n) is 2.35. The van der Waals surface area contributed by atoms with E-state index in [4.69, 9.17) is 11.6 Å². The van der Waals surface area contributed by atoms with Crippen LogP contribution in [0, 0.1) is 0 Å². The van der Waals surface area contributed by atoms with E-state index in [9.17, 15) is 9.59 Å². The molecule has 6 heteroatoms. The summed E-state index contributed by atoms with van der Waals surface area (Å²) < 4.78 is 4.65. The second kappa shape index (κ2) is 9.20. The molecule has 0 aliphatic heterocycles. The van der Waals surface area contributed by atoms with Gasteiger partial charge < -0.3 is 10.1 Å². The lowest BCUT2D eigenvalue weighted by Gasteiger charge is -2.17. The second-order valence-corrected chi connectivity index (χ2v) is 6.14. The summed E-state index contributed by atoms with van der Waals surface area (Å²) in [7, 11) is 3.21. The van der Waals surface area contributed by atoms with E-state index in [1.54, 1.807) is 24.3 Å². The zero-order valence-electron chi connectivity index (χ0n) is 14.3. The SMILES string of the molecule is COC(=O)c1ccc(CNC(=O)CN(C)Cc2ccccc2Cl)cc1. The number of likely N-dealkylation sites (N-methyl/N-ethyl adjacent to an activating group) is 1. The number of nitrogens with one attached hydrogen (secondary N) is 1. The number of halogens is 1. The molecule has 0 unspecified atom stereocenters. The van der Waals surface area contributed by atoms with E-state index in [-0.39, 0.29) is 18.4 Å². The van der Waals surface area contributed by atoms with Crippen molar-refractivity contribution in [1.29, 1.82) is 0 Å². The topological polar surface area (TPSA) is 58.6 Å². The molecule has 0 aliphatic carbocycles. The molecule has 2 aromatic carbocycles. The average Bonchev–Trinajstić information content (AvgIpc) is 2.61. The number of benzene rings is 2. The first-order chi connectivity index (χ1) is 12.0. The van der Waals surface area contributed by atoms with Crippen LogP contribution in [-0.2, 0) is 22.6 Å². The number of hydrogen-bond donors (Lipinski definition) is 1. The zero-order valence-corrected chi connectivity index (χ0v) is 15.0. The number of carbonyl (C=O) groups is 2. The summed E-state index contributed by atoms with van der Waals surface area (Å²) >= 11 is 6.13. The van der Waals surface area contributed by atoms with Gasteiger partial charge in [0.05, 0.1) is 19.2 Å². The monoisotopic (exact) mass is 360 g/mol. The van der Waals surface area contributed by atoms with E-state index in [0.717, 1.165) is 11.1 Å². The van der Waals surface area contributed by atoms with Crippen LogP contribution in [0.4, 0.5) is 0 Å². The number of carbonyl (C=O) groups excluding carboxylic acids is 2. The second-order valence-electron chi connectivity index (χ2n) is 5.73. The minimum absolute atomic E-state index is 0.0772. The Kier molecular flexibility index (Phi) is 6.98. The molecule has 0 heterocycles. The number of methoxy groups -OCH3 is 1. The Labute approximate surface area is 152 Å². The van der Waals surface area contributed by atoms with Gasteiger partial charge in [-0.2, -0.15) is 0 Å². The summed E-state index contributed by atoms with van der Waals surface area (Å²) in [4.78, 5) is 25.3. The minimum atomic E-state index is -0.378. The molecule has 0 saturated carbocycles. The lowest BCUT2D eigenvalue weighted by atomic mass is 10.1. The molecule has 1 amide bonds.